The molecule has 0 aliphatic heterocycles. The third-order valence-electron chi connectivity index (χ3n) is 5.01. The Kier molecular flexibility index (Phi) is 4.97. The molecule has 1 aromatic carbocycles. The lowest BCUT2D eigenvalue weighted by Gasteiger charge is -2.31. The highest BCUT2D eigenvalue weighted by atomic mass is 15.1. The van der Waals surface area contributed by atoms with Gasteiger partial charge in [0.05, 0.1) is 0 Å². The largest absolute Gasteiger partial charge is 0.313 e. The highest BCUT2D eigenvalue weighted by molar-refractivity contribution is 5.19. The van der Waals surface area contributed by atoms with Crippen LogP contribution in [0.2, 0.25) is 0 Å². The monoisotopic (exact) mass is 286 g/mol. The van der Waals surface area contributed by atoms with Gasteiger partial charge in [-0.15, -0.1) is 0 Å². The first-order chi connectivity index (χ1) is 10.3. The van der Waals surface area contributed by atoms with Gasteiger partial charge in [-0.3, -0.25) is 0 Å². The van der Waals surface area contributed by atoms with Crippen LogP contribution in [-0.2, 0) is 0 Å². The van der Waals surface area contributed by atoms with Crippen LogP contribution in [-0.4, -0.2) is 31.6 Å². The molecule has 0 amide bonds. The molecule has 0 radical (unpaired) electrons. The van der Waals surface area contributed by atoms with Crippen molar-refractivity contribution in [1.29, 1.82) is 0 Å². The highest BCUT2D eigenvalue weighted by Crippen LogP contribution is 2.34. The number of hydrogen-bond donors (Lipinski definition) is 1. The molecule has 2 fully saturated rings. The fourth-order valence-electron chi connectivity index (χ4n) is 3.51. The maximum Gasteiger partial charge on any atom is 0.0355 e. The predicted molar refractivity (Wildman–Crippen MR) is 89.3 cm³/mol. The molecule has 3 rings (SSSR count). The van der Waals surface area contributed by atoms with E-state index in [1.54, 1.807) is 0 Å². The fraction of sp³-hybridized carbons (Fsp3) is 0.684. The topological polar surface area (TPSA) is 15.3 Å². The van der Waals surface area contributed by atoms with E-state index in [2.05, 4.69) is 54.5 Å². The van der Waals surface area contributed by atoms with Crippen LogP contribution in [0.25, 0.3) is 0 Å². The third-order valence-corrected chi connectivity index (χ3v) is 5.01. The van der Waals surface area contributed by atoms with E-state index >= 15 is 0 Å². The van der Waals surface area contributed by atoms with E-state index in [0.29, 0.717) is 12.0 Å². The second kappa shape index (κ2) is 6.93. The standard InChI is InChI=1S/C19H30N2/c1-15(19(20-2)18-6-4-3-5-7-18)12-21(13-16-8-9-16)14-17-10-11-17/h3-7,15-17,19-20H,8-14H2,1-2H3. The Morgan fingerprint density at radius 3 is 2.10 bits per heavy atom. The zero-order chi connectivity index (χ0) is 14.7. The van der Waals surface area contributed by atoms with Gasteiger partial charge in [-0.05, 0) is 56.0 Å². The van der Waals surface area contributed by atoms with Gasteiger partial charge in [0.15, 0.2) is 0 Å². The van der Waals surface area contributed by atoms with Gasteiger partial charge in [0.25, 0.3) is 0 Å². The van der Waals surface area contributed by atoms with Gasteiger partial charge >= 0.3 is 0 Å². The smallest absolute Gasteiger partial charge is 0.0355 e. The molecule has 0 bridgehead atoms. The van der Waals surface area contributed by atoms with E-state index < -0.39 is 0 Å². The Morgan fingerprint density at radius 2 is 1.62 bits per heavy atom. The Hall–Kier alpha value is -0.860. The van der Waals surface area contributed by atoms with Crippen LogP contribution in [0.15, 0.2) is 30.3 Å². The molecule has 1 aromatic rings. The van der Waals surface area contributed by atoms with Crippen molar-refractivity contribution in [2.24, 2.45) is 17.8 Å². The second-order valence-corrected chi connectivity index (χ2v) is 7.26. The molecule has 0 spiro atoms. The van der Waals surface area contributed by atoms with Crippen LogP contribution in [0.3, 0.4) is 0 Å². The Bertz CT molecular complexity index is 408. The normalized spacial score (nSPS) is 21.5. The van der Waals surface area contributed by atoms with Gasteiger partial charge in [0.2, 0.25) is 0 Å². The molecule has 2 aliphatic carbocycles. The van der Waals surface area contributed by atoms with E-state index in [1.165, 1.54) is 50.9 Å². The number of nitrogens with zero attached hydrogens (tertiary/aromatic N) is 1. The quantitative estimate of drug-likeness (QED) is 0.744. The molecule has 2 heteroatoms. The van der Waals surface area contributed by atoms with Gasteiger partial charge in [0, 0.05) is 25.7 Å². The Morgan fingerprint density at radius 1 is 1.05 bits per heavy atom. The summed E-state index contributed by atoms with van der Waals surface area (Å²) in [5.41, 5.74) is 1.42. The van der Waals surface area contributed by atoms with Crippen LogP contribution >= 0.6 is 0 Å². The van der Waals surface area contributed by atoms with E-state index in [9.17, 15) is 0 Å². The molecule has 0 saturated heterocycles. The molecule has 2 atom stereocenters. The molecular weight excluding hydrogens is 256 g/mol. The minimum absolute atomic E-state index is 0.465. The number of nitrogens with one attached hydrogen (secondary N) is 1. The first-order valence-corrected chi connectivity index (χ1v) is 8.71. The molecule has 2 unspecified atom stereocenters. The summed E-state index contributed by atoms with van der Waals surface area (Å²) in [6, 6.07) is 11.4. The number of hydrogen-bond acceptors (Lipinski definition) is 2. The van der Waals surface area contributed by atoms with Gasteiger partial charge in [-0.1, -0.05) is 37.3 Å². The molecule has 21 heavy (non-hydrogen) atoms. The summed E-state index contributed by atoms with van der Waals surface area (Å²) in [5, 5.41) is 3.53. The lowest BCUT2D eigenvalue weighted by atomic mass is 9.94. The summed E-state index contributed by atoms with van der Waals surface area (Å²) in [4.78, 5) is 2.76. The average molecular weight is 286 g/mol. The summed E-state index contributed by atoms with van der Waals surface area (Å²) in [6.45, 7) is 6.31. The summed E-state index contributed by atoms with van der Waals surface area (Å²) >= 11 is 0. The first-order valence-electron chi connectivity index (χ1n) is 8.71. The van der Waals surface area contributed by atoms with Crippen molar-refractivity contribution >= 4 is 0 Å². The van der Waals surface area contributed by atoms with Crippen LogP contribution in [0.5, 0.6) is 0 Å². The van der Waals surface area contributed by atoms with Gasteiger partial charge in [-0.2, -0.15) is 0 Å². The molecule has 116 valence electrons. The highest BCUT2D eigenvalue weighted by Gasteiger charge is 2.30. The molecule has 2 nitrogen and oxygen atoms in total. The lowest BCUT2D eigenvalue weighted by Crippen LogP contribution is -2.37. The maximum atomic E-state index is 3.53. The van der Waals surface area contributed by atoms with Crippen LogP contribution < -0.4 is 5.32 Å². The van der Waals surface area contributed by atoms with E-state index in [4.69, 9.17) is 0 Å². The SMILES string of the molecule is CNC(c1ccccc1)C(C)CN(CC1CC1)CC1CC1. The first kappa shape index (κ1) is 15.1. The molecule has 0 heterocycles. The van der Waals surface area contributed by atoms with Crippen molar-refractivity contribution in [3.63, 3.8) is 0 Å². The zero-order valence-corrected chi connectivity index (χ0v) is 13.6. The summed E-state index contributed by atoms with van der Waals surface area (Å²) in [7, 11) is 2.10. The number of rotatable bonds is 9. The predicted octanol–water partition coefficient (Wildman–Crippen LogP) is 3.71. The third kappa shape index (κ3) is 4.55. The van der Waals surface area contributed by atoms with E-state index in [-0.39, 0.29) is 0 Å². The van der Waals surface area contributed by atoms with Gasteiger partial charge in [-0.25, -0.2) is 0 Å². The molecule has 1 N–H and O–H groups in total. The molecule has 0 aromatic heterocycles. The maximum absolute atomic E-state index is 3.53. The van der Waals surface area contributed by atoms with Crippen molar-refractivity contribution in [2.75, 3.05) is 26.7 Å². The minimum Gasteiger partial charge on any atom is -0.313 e. The second-order valence-electron chi connectivity index (χ2n) is 7.26. The Labute approximate surface area is 129 Å². The van der Waals surface area contributed by atoms with Crippen molar-refractivity contribution in [1.82, 2.24) is 10.2 Å². The fourth-order valence-corrected chi connectivity index (χ4v) is 3.51. The van der Waals surface area contributed by atoms with E-state index in [0.717, 1.165) is 11.8 Å². The van der Waals surface area contributed by atoms with Crippen molar-refractivity contribution in [3.05, 3.63) is 35.9 Å². The van der Waals surface area contributed by atoms with Crippen molar-refractivity contribution in [2.45, 2.75) is 38.6 Å². The van der Waals surface area contributed by atoms with Crippen molar-refractivity contribution in [3.8, 4) is 0 Å². The van der Waals surface area contributed by atoms with Crippen LogP contribution in [0, 0.1) is 17.8 Å². The van der Waals surface area contributed by atoms with Gasteiger partial charge in [0.1, 0.15) is 0 Å². The summed E-state index contributed by atoms with van der Waals surface area (Å²) < 4.78 is 0. The summed E-state index contributed by atoms with van der Waals surface area (Å²) in [6.07, 6.45) is 5.85. The number of benzene rings is 1. The zero-order valence-electron chi connectivity index (χ0n) is 13.6. The Balaban J connectivity index is 1.59. The van der Waals surface area contributed by atoms with Crippen LogP contribution in [0.4, 0.5) is 0 Å². The minimum atomic E-state index is 0.465. The van der Waals surface area contributed by atoms with E-state index in [1.807, 2.05) is 0 Å². The summed E-state index contributed by atoms with van der Waals surface area (Å²) in [5.74, 6) is 2.65. The average Bonchev–Trinajstić information content (AvgIpc) is 3.37. The van der Waals surface area contributed by atoms with Gasteiger partial charge < -0.3 is 10.2 Å². The van der Waals surface area contributed by atoms with Crippen LogP contribution in [0.1, 0.15) is 44.2 Å². The molecule has 2 aliphatic rings. The molecular formula is C19H30N2. The molecule has 2 saturated carbocycles. The van der Waals surface area contributed by atoms with Crippen molar-refractivity contribution < 1.29 is 0 Å². The lowest BCUT2D eigenvalue weighted by molar-refractivity contribution is 0.199.